The molecule has 7 rings (SSSR count). The summed E-state index contributed by atoms with van der Waals surface area (Å²) < 4.78 is 0. The molecule has 0 radical (unpaired) electrons. The highest BCUT2D eigenvalue weighted by Crippen LogP contribution is 2.65. The predicted molar refractivity (Wildman–Crippen MR) is 197 cm³/mol. The molecule has 6 unspecified atom stereocenters. The van der Waals surface area contributed by atoms with Crippen LogP contribution in [0.3, 0.4) is 0 Å². The van der Waals surface area contributed by atoms with Crippen molar-refractivity contribution in [2.24, 2.45) is 34.5 Å². The lowest BCUT2D eigenvalue weighted by Gasteiger charge is -2.44. The van der Waals surface area contributed by atoms with Crippen LogP contribution in [0, 0.1) is 34.5 Å². The van der Waals surface area contributed by atoms with E-state index in [1.54, 1.807) is 11.0 Å². The van der Waals surface area contributed by atoms with Gasteiger partial charge in [-0.05, 0) is 90.9 Å². The molecular weight excluding hydrogens is 679 g/mol. The van der Waals surface area contributed by atoms with E-state index in [2.05, 4.69) is 42.0 Å². The fourth-order valence-electron chi connectivity index (χ4n) is 9.70. The molecule has 12 heteroatoms. The first-order valence-electron chi connectivity index (χ1n) is 20.0. The molecule has 6 atom stereocenters. The van der Waals surface area contributed by atoms with E-state index >= 15 is 4.79 Å². The second kappa shape index (κ2) is 14.9. The monoisotopic (exact) mass is 735 g/mol. The lowest BCUT2D eigenvalue weighted by atomic mass is 9.69. The zero-order valence-corrected chi connectivity index (χ0v) is 31.9. The van der Waals surface area contributed by atoms with Crippen LogP contribution in [0.25, 0.3) is 0 Å². The first-order valence-corrected chi connectivity index (χ1v) is 20.9. The summed E-state index contributed by atoms with van der Waals surface area (Å²) in [7, 11) is 0. The van der Waals surface area contributed by atoms with E-state index in [1.807, 2.05) is 11.4 Å². The summed E-state index contributed by atoms with van der Waals surface area (Å²) in [4.78, 5) is 85.7. The third-order valence-electron chi connectivity index (χ3n) is 13.5. The summed E-state index contributed by atoms with van der Waals surface area (Å²) in [5.74, 6) is -2.30. The van der Waals surface area contributed by atoms with Gasteiger partial charge >= 0.3 is 0 Å². The minimum absolute atomic E-state index is 0.0275. The molecule has 4 N–H and O–H groups in total. The van der Waals surface area contributed by atoms with Crippen LogP contribution in [0.15, 0.2) is 17.5 Å². The van der Waals surface area contributed by atoms with E-state index in [4.69, 9.17) is 0 Å². The lowest BCUT2D eigenvalue weighted by molar-refractivity contribution is -0.148. The number of rotatable bonds is 14. The summed E-state index contributed by atoms with van der Waals surface area (Å²) in [6.45, 7) is 6.70. The quantitative estimate of drug-likeness (QED) is 0.207. The van der Waals surface area contributed by atoms with Crippen molar-refractivity contribution in [3.8, 4) is 0 Å². The Balaban J connectivity index is 1.14. The molecule has 5 aliphatic carbocycles. The van der Waals surface area contributed by atoms with Gasteiger partial charge in [-0.25, -0.2) is 0 Å². The average Bonchev–Trinajstić information content (AvgIpc) is 4.09. The van der Waals surface area contributed by atoms with Crippen LogP contribution in [-0.2, 0) is 24.0 Å². The SMILES string of the molecule is CC1(C(NC(=O)C(NC(=O)c2cccs2)C2CCCCC2)C(=O)N2CC3C(C2C(=O)NC(CC2CC2)C(=O)C(=O)NC2CC2)C3(C)C)CCCCC1. The topological polar surface area (TPSA) is 154 Å². The van der Waals surface area contributed by atoms with Gasteiger partial charge in [-0.2, -0.15) is 0 Å². The maximum absolute atomic E-state index is 15.0. The fraction of sp³-hybridized carbons (Fsp3) is 0.750. The Bertz CT molecular complexity index is 1540. The molecular formula is C40H57N5O6S. The largest absolute Gasteiger partial charge is 0.347 e. The van der Waals surface area contributed by atoms with Crippen LogP contribution in [0.4, 0.5) is 0 Å². The zero-order chi connectivity index (χ0) is 36.8. The first-order chi connectivity index (χ1) is 24.9. The Morgan fingerprint density at radius 1 is 0.865 bits per heavy atom. The number of thiophene rings is 1. The lowest BCUT2D eigenvalue weighted by Crippen LogP contribution is -2.63. The molecule has 1 aromatic heterocycles. The fourth-order valence-corrected chi connectivity index (χ4v) is 10.3. The molecule has 5 saturated carbocycles. The number of fused-ring (bicyclic) bond motifs is 1. The van der Waals surface area contributed by atoms with Crippen molar-refractivity contribution in [1.29, 1.82) is 0 Å². The number of amides is 5. The van der Waals surface area contributed by atoms with Crippen molar-refractivity contribution in [1.82, 2.24) is 26.2 Å². The second-order valence-electron chi connectivity index (χ2n) is 17.7. The van der Waals surface area contributed by atoms with Gasteiger partial charge in [0.25, 0.3) is 11.8 Å². The Kier molecular flexibility index (Phi) is 10.6. The summed E-state index contributed by atoms with van der Waals surface area (Å²) in [5.41, 5.74) is -0.696. The molecule has 52 heavy (non-hydrogen) atoms. The summed E-state index contributed by atoms with van der Waals surface area (Å²) in [5, 5.41) is 13.9. The van der Waals surface area contributed by atoms with E-state index in [9.17, 15) is 24.0 Å². The van der Waals surface area contributed by atoms with E-state index in [1.165, 1.54) is 11.3 Å². The molecule has 2 heterocycles. The molecule has 1 aliphatic heterocycles. The summed E-state index contributed by atoms with van der Waals surface area (Å²) in [6, 6.07) is 0.181. The number of carbonyl (C=O) groups excluding carboxylic acids is 6. The van der Waals surface area contributed by atoms with Crippen molar-refractivity contribution in [2.45, 2.75) is 147 Å². The number of hydrogen-bond acceptors (Lipinski definition) is 7. The standard InChI is InChI=1S/C40H57N5O6S/c1-39(2)26-22-45(31(29(26)39)36(49)42-27(21-23-14-15-23)32(46)37(50)41-25-16-17-25)38(51)33(40(3)18-8-5-9-19-40)44-35(48)30(24-11-6-4-7-12-24)43-34(47)28-13-10-20-52-28/h10,13,20,23-27,29-31,33H,4-9,11-12,14-19,21-22H2,1-3H3,(H,41,50)(H,42,49)(H,43,47)(H,44,48). The molecule has 0 spiro atoms. The van der Waals surface area contributed by atoms with Gasteiger partial charge in [0.2, 0.25) is 23.5 Å². The first kappa shape index (κ1) is 37.1. The molecule has 1 aromatic rings. The Hall–Kier alpha value is -3.28. The minimum atomic E-state index is -0.939. The Labute approximate surface area is 311 Å². The summed E-state index contributed by atoms with van der Waals surface area (Å²) in [6.07, 6.45) is 13.2. The average molecular weight is 736 g/mol. The van der Waals surface area contributed by atoms with Gasteiger partial charge in [0.1, 0.15) is 18.1 Å². The maximum Gasteiger partial charge on any atom is 0.289 e. The number of likely N-dealkylation sites (tertiary alicyclic amines) is 1. The normalized spacial score (nSPS) is 28.1. The van der Waals surface area contributed by atoms with E-state index in [0.29, 0.717) is 17.8 Å². The molecule has 0 aromatic carbocycles. The molecule has 0 bridgehead atoms. The number of Topliss-reactive ketones (excluding diaryl/α,β-unsaturated/α-hetero) is 1. The van der Waals surface area contributed by atoms with E-state index in [0.717, 1.165) is 89.9 Å². The number of carbonyl (C=O) groups is 6. The van der Waals surface area contributed by atoms with Crippen LogP contribution >= 0.6 is 11.3 Å². The van der Waals surface area contributed by atoms with Crippen molar-refractivity contribution < 1.29 is 28.8 Å². The molecule has 6 aliphatic rings. The molecule has 5 amide bonds. The van der Waals surface area contributed by atoms with Gasteiger partial charge in [-0.1, -0.05) is 78.2 Å². The Morgan fingerprint density at radius 3 is 2.19 bits per heavy atom. The van der Waals surface area contributed by atoms with E-state index in [-0.39, 0.29) is 52.8 Å². The van der Waals surface area contributed by atoms with Crippen LogP contribution in [-0.4, -0.2) is 77.0 Å². The highest BCUT2D eigenvalue weighted by molar-refractivity contribution is 7.12. The van der Waals surface area contributed by atoms with Crippen molar-refractivity contribution in [3.63, 3.8) is 0 Å². The van der Waals surface area contributed by atoms with Gasteiger partial charge in [0.15, 0.2) is 0 Å². The van der Waals surface area contributed by atoms with Crippen molar-refractivity contribution >= 4 is 46.7 Å². The van der Waals surface area contributed by atoms with Crippen molar-refractivity contribution in [3.05, 3.63) is 22.4 Å². The second-order valence-corrected chi connectivity index (χ2v) is 18.7. The number of ketones is 1. The van der Waals surface area contributed by atoms with Crippen LogP contribution in [0.1, 0.15) is 127 Å². The predicted octanol–water partition coefficient (Wildman–Crippen LogP) is 4.50. The van der Waals surface area contributed by atoms with Gasteiger partial charge in [-0.15, -0.1) is 11.3 Å². The smallest absolute Gasteiger partial charge is 0.289 e. The molecule has 11 nitrogen and oxygen atoms in total. The third-order valence-corrected chi connectivity index (χ3v) is 14.3. The van der Waals surface area contributed by atoms with E-state index < -0.39 is 47.2 Å². The third kappa shape index (κ3) is 7.82. The van der Waals surface area contributed by atoms with Crippen molar-refractivity contribution in [2.75, 3.05) is 6.54 Å². The summed E-state index contributed by atoms with van der Waals surface area (Å²) >= 11 is 1.33. The Morgan fingerprint density at radius 2 is 1.56 bits per heavy atom. The highest BCUT2D eigenvalue weighted by Gasteiger charge is 2.70. The number of hydrogen-bond donors (Lipinski definition) is 4. The van der Waals surface area contributed by atoms with Crippen LogP contribution in [0.5, 0.6) is 0 Å². The number of nitrogens with one attached hydrogen (secondary N) is 4. The number of nitrogens with zero attached hydrogens (tertiary/aromatic N) is 1. The minimum Gasteiger partial charge on any atom is -0.347 e. The molecule has 1 saturated heterocycles. The van der Waals surface area contributed by atoms with Crippen LogP contribution < -0.4 is 21.3 Å². The van der Waals surface area contributed by atoms with Gasteiger partial charge in [-0.3, -0.25) is 28.8 Å². The molecule has 6 fully saturated rings. The zero-order valence-electron chi connectivity index (χ0n) is 31.0. The highest BCUT2D eigenvalue weighted by atomic mass is 32.1. The van der Waals surface area contributed by atoms with Gasteiger partial charge in [0.05, 0.1) is 10.9 Å². The molecule has 284 valence electrons. The van der Waals surface area contributed by atoms with Gasteiger partial charge in [0, 0.05) is 12.6 Å². The number of piperidine rings is 1. The van der Waals surface area contributed by atoms with Crippen LogP contribution in [0.2, 0.25) is 0 Å². The maximum atomic E-state index is 15.0. The van der Waals surface area contributed by atoms with Gasteiger partial charge < -0.3 is 26.2 Å².